The predicted octanol–water partition coefficient (Wildman–Crippen LogP) is 5.13. The van der Waals surface area contributed by atoms with E-state index >= 15 is 0 Å². The Morgan fingerprint density at radius 1 is 1.24 bits per heavy atom. The second-order valence-electron chi connectivity index (χ2n) is 7.41. The Bertz CT molecular complexity index is 1470. The third-order valence-corrected chi connectivity index (χ3v) is 6.33. The number of nitrogens with zero attached hydrogens (tertiary/aromatic N) is 3. The van der Waals surface area contributed by atoms with Crippen LogP contribution in [0.4, 0.5) is 18.9 Å². The lowest BCUT2D eigenvalue weighted by atomic mass is 10.1. The average molecular weight is 508 g/mol. The number of aromatic amines is 1. The molecule has 1 amide bonds. The highest BCUT2D eigenvalue weighted by atomic mass is 35.5. The number of hydrogen-bond acceptors (Lipinski definition) is 5. The standard InChI is InChI=1S/C22H17ClF3N5O2S/c1-11-4-3-5-17(12(11)2)31-19-14(9-27-31)20(33)30-21(29-19)34-10-18(32)28-16-8-13(22(24,25)26)6-7-15(16)23/h3-9H,10H2,1-2H3,(H,28,32)(H,29,30,33). The lowest BCUT2D eigenvalue weighted by Gasteiger charge is -2.11. The molecule has 0 unspecified atom stereocenters. The quantitative estimate of drug-likeness (QED) is 0.288. The van der Waals surface area contributed by atoms with Crippen molar-refractivity contribution in [1.82, 2.24) is 19.7 Å². The molecule has 176 valence electrons. The molecule has 0 saturated carbocycles. The number of benzene rings is 2. The average Bonchev–Trinajstić information content (AvgIpc) is 3.19. The fraction of sp³-hybridized carbons (Fsp3) is 0.182. The number of anilines is 1. The summed E-state index contributed by atoms with van der Waals surface area (Å²) in [5, 5.41) is 7.07. The minimum absolute atomic E-state index is 0.0308. The lowest BCUT2D eigenvalue weighted by molar-refractivity contribution is -0.137. The number of rotatable bonds is 5. The number of carbonyl (C=O) groups is 1. The molecule has 0 fully saturated rings. The molecule has 4 rings (SSSR count). The van der Waals surface area contributed by atoms with Crippen molar-refractivity contribution < 1.29 is 18.0 Å². The largest absolute Gasteiger partial charge is 0.416 e. The number of amides is 1. The first-order valence-electron chi connectivity index (χ1n) is 9.88. The summed E-state index contributed by atoms with van der Waals surface area (Å²) in [7, 11) is 0. The van der Waals surface area contributed by atoms with Gasteiger partial charge < -0.3 is 10.3 Å². The molecule has 0 saturated heterocycles. The molecular weight excluding hydrogens is 491 g/mol. The van der Waals surface area contributed by atoms with Gasteiger partial charge in [0.1, 0.15) is 5.39 Å². The van der Waals surface area contributed by atoms with E-state index in [9.17, 15) is 22.8 Å². The number of thioether (sulfide) groups is 1. The first-order valence-corrected chi connectivity index (χ1v) is 11.2. The van der Waals surface area contributed by atoms with Crippen molar-refractivity contribution in [2.75, 3.05) is 11.1 Å². The van der Waals surface area contributed by atoms with Gasteiger partial charge in [-0.05, 0) is 49.2 Å². The van der Waals surface area contributed by atoms with Gasteiger partial charge in [0, 0.05) is 0 Å². The van der Waals surface area contributed by atoms with E-state index in [1.54, 1.807) is 4.68 Å². The maximum atomic E-state index is 12.9. The molecule has 0 spiro atoms. The fourth-order valence-electron chi connectivity index (χ4n) is 3.23. The number of aryl methyl sites for hydroxylation is 1. The summed E-state index contributed by atoms with van der Waals surface area (Å²) in [5.41, 5.74) is 1.59. The monoisotopic (exact) mass is 507 g/mol. The number of carbonyl (C=O) groups excluding carboxylic acids is 1. The zero-order valence-electron chi connectivity index (χ0n) is 17.8. The summed E-state index contributed by atoms with van der Waals surface area (Å²) in [6.07, 6.45) is -3.16. The Balaban J connectivity index is 1.56. The summed E-state index contributed by atoms with van der Waals surface area (Å²) in [6, 6.07) is 8.35. The van der Waals surface area contributed by atoms with Crippen LogP contribution in [0.25, 0.3) is 16.7 Å². The van der Waals surface area contributed by atoms with Gasteiger partial charge >= 0.3 is 6.18 Å². The van der Waals surface area contributed by atoms with Crippen molar-refractivity contribution in [3.8, 4) is 5.69 Å². The summed E-state index contributed by atoms with van der Waals surface area (Å²) in [5.74, 6) is -0.837. The second-order valence-corrected chi connectivity index (χ2v) is 8.78. The molecule has 2 N–H and O–H groups in total. The molecule has 0 aliphatic heterocycles. The molecular formula is C22H17ClF3N5O2S. The van der Waals surface area contributed by atoms with Crippen LogP contribution < -0.4 is 10.9 Å². The van der Waals surface area contributed by atoms with E-state index < -0.39 is 23.2 Å². The van der Waals surface area contributed by atoms with Crippen molar-refractivity contribution in [3.05, 3.63) is 74.7 Å². The van der Waals surface area contributed by atoms with Crippen LogP contribution >= 0.6 is 23.4 Å². The first kappa shape index (κ1) is 23.8. The van der Waals surface area contributed by atoms with Gasteiger partial charge in [-0.3, -0.25) is 9.59 Å². The van der Waals surface area contributed by atoms with Crippen LogP contribution in [0, 0.1) is 13.8 Å². The molecule has 0 aliphatic rings. The zero-order chi connectivity index (χ0) is 24.6. The number of alkyl halides is 3. The van der Waals surface area contributed by atoms with E-state index in [0.717, 1.165) is 46.8 Å². The number of halogens is 4. The van der Waals surface area contributed by atoms with Crippen molar-refractivity contribution in [2.24, 2.45) is 0 Å². The summed E-state index contributed by atoms with van der Waals surface area (Å²) in [4.78, 5) is 31.9. The summed E-state index contributed by atoms with van der Waals surface area (Å²) in [6.45, 7) is 3.89. The van der Waals surface area contributed by atoms with Gasteiger partial charge in [0.25, 0.3) is 5.56 Å². The molecule has 12 heteroatoms. The van der Waals surface area contributed by atoms with E-state index in [1.165, 1.54) is 6.20 Å². The van der Waals surface area contributed by atoms with Crippen LogP contribution in [0.15, 0.2) is 52.5 Å². The maximum Gasteiger partial charge on any atom is 0.416 e. The molecule has 0 bridgehead atoms. The highest BCUT2D eigenvalue weighted by Crippen LogP contribution is 2.34. The maximum absolute atomic E-state index is 12.9. The van der Waals surface area contributed by atoms with Gasteiger partial charge in [-0.15, -0.1) is 0 Å². The van der Waals surface area contributed by atoms with Gasteiger partial charge in [0.15, 0.2) is 10.8 Å². The van der Waals surface area contributed by atoms with Crippen molar-refractivity contribution in [3.63, 3.8) is 0 Å². The SMILES string of the molecule is Cc1cccc(-n2ncc3c(=O)[nH]c(SCC(=O)Nc4cc(C(F)(F)F)ccc4Cl)nc32)c1C. The van der Waals surface area contributed by atoms with E-state index in [1.807, 2.05) is 32.0 Å². The molecule has 0 aliphatic carbocycles. The Morgan fingerprint density at radius 2 is 2.00 bits per heavy atom. The number of nitrogens with one attached hydrogen (secondary N) is 2. The van der Waals surface area contributed by atoms with Crippen molar-refractivity contribution in [1.29, 1.82) is 0 Å². The molecule has 34 heavy (non-hydrogen) atoms. The van der Waals surface area contributed by atoms with Gasteiger partial charge in [0.2, 0.25) is 5.91 Å². The van der Waals surface area contributed by atoms with Gasteiger partial charge in [-0.2, -0.15) is 18.3 Å². The normalized spacial score (nSPS) is 11.7. The van der Waals surface area contributed by atoms with Crippen LogP contribution in [0.5, 0.6) is 0 Å². The highest BCUT2D eigenvalue weighted by Gasteiger charge is 2.31. The van der Waals surface area contributed by atoms with Crippen LogP contribution in [0.3, 0.4) is 0 Å². The first-order chi connectivity index (χ1) is 16.0. The minimum Gasteiger partial charge on any atom is -0.324 e. The summed E-state index contributed by atoms with van der Waals surface area (Å²) >= 11 is 6.84. The Labute approximate surface area is 200 Å². The Hall–Kier alpha value is -3.31. The van der Waals surface area contributed by atoms with E-state index in [2.05, 4.69) is 20.4 Å². The van der Waals surface area contributed by atoms with Crippen LogP contribution in [0.1, 0.15) is 16.7 Å². The van der Waals surface area contributed by atoms with Crippen LogP contribution in [-0.4, -0.2) is 31.4 Å². The number of H-pyrrole nitrogens is 1. The number of aromatic nitrogens is 4. The molecule has 4 aromatic rings. The van der Waals surface area contributed by atoms with Crippen LogP contribution in [0.2, 0.25) is 5.02 Å². The molecule has 0 radical (unpaired) electrons. The fourth-order valence-corrected chi connectivity index (χ4v) is 4.05. The Morgan fingerprint density at radius 3 is 2.74 bits per heavy atom. The highest BCUT2D eigenvalue weighted by molar-refractivity contribution is 7.99. The molecule has 0 atom stereocenters. The van der Waals surface area contributed by atoms with Gasteiger partial charge in [-0.25, -0.2) is 9.67 Å². The topological polar surface area (TPSA) is 92.7 Å². The van der Waals surface area contributed by atoms with E-state index in [0.29, 0.717) is 5.65 Å². The Kier molecular flexibility index (Phi) is 6.41. The zero-order valence-corrected chi connectivity index (χ0v) is 19.4. The van der Waals surface area contributed by atoms with Crippen LogP contribution in [-0.2, 0) is 11.0 Å². The number of hydrogen-bond donors (Lipinski definition) is 2. The van der Waals surface area contributed by atoms with Crippen molar-refractivity contribution in [2.45, 2.75) is 25.2 Å². The van der Waals surface area contributed by atoms with Crippen molar-refractivity contribution >= 4 is 46.0 Å². The van der Waals surface area contributed by atoms with Gasteiger partial charge in [-0.1, -0.05) is 35.5 Å². The smallest absolute Gasteiger partial charge is 0.324 e. The molecule has 2 aromatic carbocycles. The lowest BCUT2D eigenvalue weighted by Crippen LogP contribution is -2.16. The number of fused-ring (bicyclic) bond motifs is 1. The molecule has 7 nitrogen and oxygen atoms in total. The molecule has 2 aromatic heterocycles. The predicted molar refractivity (Wildman–Crippen MR) is 125 cm³/mol. The van der Waals surface area contributed by atoms with E-state index in [4.69, 9.17) is 11.6 Å². The van der Waals surface area contributed by atoms with E-state index in [-0.39, 0.29) is 27.0 Å². The second kappa shape index (κ2) is 9.15. The summed E-state index contributed by atoms with van der Waals surface area (Å²) < 4.78 is 40.4. The van der Waals surface area contributed by atoms with Gasteiger partial charge in [0.05, 0.1) is 33.9 Å². The third kappa shape index (κ3) is 4.80. The third-order valence-electron chi connectivity index (χ3n) is 5.13. The molecule has 2 heterocycles. The minimum atomic E-state index is -4.57.